The first kappa shape index (κ1) is 17.8. The lowest BCUT2D eigenvalue weighted by atomic mass is 10.0. The molecule has 0 aliphatic carbocycles. The molecule has 6 heterocycles. The van der Waals surface area contributed by atoms with Crippen molar-refractivity contribution in [1.29, 1.82) is 0 Å². The van der Waals surface area contributed by atoms with Gasteiger partial charge in [-0.15, -0.1) is 5.10 Å². The van der Waals surface area contributed by atoms with E-state index in [2.05, 4.69) is 30.2 Å². The van der Waals surface area contributed by atoms with Gasteiger partial charge < -0.3 is 14.3 Å². The molecule has 0 radical (unpaired) electrons. The molecule has 1 aliphatic heterocycles. The fraction of sp³-hybridized carbons (Fsp3) is 0.190. The van der Waals surface area contributed by atoms with Crippen molar-refractivity contribution in [1.82, 2.24) is 34.8 Å². The Labute approximate surface area is 175 Å². The van der Waals surface area contributed by atoms with Crippen LogP contribution in [0.2, 0.25) is 0 Å². The summed E-state index contributed by atoms with van der Waals surface area (Å²) in [6.45, 7) is 2.55. The molecule has 0 aromatic carbocycles. The van der Waals surface area contributed by atoms with Gasteiger partial charge in [-0.25, -0.2) is 13.9 Å². The van der Waals surface area contributed by atoms with Gasteiger partial charge in [-0.1, -0.05) is 11.2 Å². The number of fused-ring (bicyclic) bond motifs is 2. The van der Waals surface area contributed by atoms with E-state index >= 15 is 0 Å². The predicted molar refractivity (Wildman–Crippen MR) is 109 cm³/mol. The second kappa shape index (κ2) is 6.73. The van der Waals surface area contributed by atoms with E-state index in [-0.39, 0.29) is 5.82 Å². The van der Waals surface area contributed by atoms with E-state index in [4.69, 9.17) is 4.42 Å². The van der Waals surface area contributed by atoms with Crippen molar-refractivity contribution in [2.75, 3.05) is 11.4 Å². The third-order valence-electron chi connectivity index (χ3n) is 5.55. The fourth-order valence-corrected chi connectivity index (χ4v) is 4.05. The monoisotopic (exact) mass is 416 g/mol. The largest absolute Gasteiger partial charge is 0.402 e. The van der Waals surface area contributed by atoms with Crippen LogP contribution < -0.4 is 4.90 Å². The Bertz CT molecular complexity index is 1400. The summed E-state index contributed by atoms with van der Waals surface area (Å²) >= 11 is 0. The Morgan fingerprint density at radius 3 is 3.00 bits per heavy atom. The molecule has 0 saturated heterocycles. The number of hydrogen-bond donors (Lipinski definition) is 1. The van der Waals surface area contributed by atoms with Crippen LogP contribution in [0.1, 0.15) is 28.7 Å². The molecule has 1 N–H and O–H groups in total. The number of hydrogen-bond acceptors (Lipinski definition) is 7. The van der Waals surface area contributed by atoms with E-state index in [0.29, 0.717) is 35.4 Å². The minimum absolute atomic E-state index is 0.337. The van der Waals surface area contributed by atoms with Gasteiger partial charge in [-0.2, -0.15) is 5.10 Å². The first-order valence-corrected chi connectivity index (χ1v) is 9.87. The summed E-state index contributed by atoms with van der Waals surface area (Å²) in [5, 5.41) is 13.1. The van der Waals surface area contributed by atoms with E-state index in [1.54, 1.807) is 30.9 Å². The topological polar surface area (TPSA) is 101 Å². The smallest absolute Gasteiger partial charge is 0.319 e. The molecule has 9 nitrogen and oxygen atoms in total. The SMILES string of the molecule is Cc1cccnc1-c1nnc(N2CCc3[nH]cnc3[C@H]2c2cc3c(F)cccn3n2)o1. The van der Waals surface area contributed by atoms with E-state index in [1.165, 1.54) is 10.6 Å². The molecule has 5 aromatic rings. The maximum atomic E-state index is 14.3. The highest BCUT2D eigenvalue weighted by atomic mass is 19.1. The molecule has 10 heteroatoms. The minimum atomic E-state index is -0.396. The highest BCUT2D eigenvalue weighted by molar-refractivity contribution is 5.55. The predicted octanol–water partition coefficient (Wildman–Crippen LogP) is 3.10. The molecular weight excluding hydrogens is 399 g/mol. The van der Waals surface area contributed by atoms with Crippen molar-refractivity contribution >= 4 is 11.5 Å². The maximum Gasteiger partial charge on any atom is 0.319 e. The minimum Gasteiger partial charge on any atom is -0.402 e. The lowest BCUT2D eigenvalue weighted by molar-refractivity contribution is 0.502. The van der Waals surface area contributed by atoms with Crippen LogP contribution in [0.15, 0.2) is 53.5 Å². The number of nitrogens with zero attached hydrogens (tertiary/aromatic N) is 7. The van der Waals surface area contributed by atoms with Gasteiger partial charge in [0.05, 0.1) is 17.7 Å². The molecule has 6 rings (SSSR count). The van der Waals surface area contributed by atoms with Gasteiger partial charge in [-0.3, -0.25) is 4.98 Å². The van der Waals surface area contributed by atoms with Crippen molar-refractivity contribution in [3.63, 3.8) is 0 Å². The number of halogens is 1. The second-order valence-electron chi connectivity index (χ2n) is 7.43. The third kappa shape index (κ3) is 2.79. The zero-order valence-corrected chi connectivity index (χ0v) is 16.5. The lowest BCUT2D eigenvalue weighted by Crippen LogP contribution is -2.36. The lowest BCUT2D eigenvalue weighted by Gasteiger charge is -2.32. The summed E-state index contributed by atoms with van der Waals surface area (Å²) in [4.78, 5) is 14.0. The number of rotatable bonds is 3. The van der Waals surface area contributed by atoms with Crippen molar-refractivity contribution in [2.24, 2.45) is 0 Å². The van der Waals surface area contributed by atoms with Crippen LogP contribution in [-0.4, -0.2) is 41.3 Å². The maximum absolute atomic E-state index is 14.3. The standard InChI is InChI=1S/C21H17FN8O/c1-12-4-2-7-23-17(12)20-26-27-21(31-20)29-9-6-14-18(25-11-24-14)19(29)15-10-16-13(22)5-3-8-30(16)28-15/h2-5,7-8,10-11,19H,6,9H2,1H3,(H,24,25)/t19-/m1/s1. The van der Waals surface area contributed by atoms with Crippen molar-refractivity contribution in [2.45, 2.75) is 19.4 Å². The Morgan fingerprint density at radius 2 is 2.13 bits per heavy atom. The van der Waals surface area contributed by atoms with Gasteiger partial charge in [0.1, 0.15) is 23.1 Å². The summed E-state index contributed by atoms with van der Waals surface area (Å²) < 4.78 is 21.9. The Hall–Kier alpha value is -4.08. The normalized spacial score (nSPS) is 16.1. The fourth-order valence-electron chi connectivity index (χ4n) is 4.05. The van der Waals surface area contributed by atoms with E-state index in [0.717, 1.165) is 23.4 Å². The van der Waals surface area contributed by atoms with E-state index in [9.17, 15) is 4.39 Å². The molecule has 0 amide bonds. The van der Waals surface area contributed by atoms with Crippen LogP contribution in [0.3, 0.4) is 0 Å². The number of nitrogens with one attached hydrogen (secondary N) is 1. The Balaban J connectivity index is 1.46. The van der Waals surface area contributed by atoms with Gasteiger partial charge >= 0.3 is 6.01 Å². The van der Waals surface area contributed by atoms with Gasteiger partial charge in [0.15, 0.2) is 0 Å². The Morgan fingerprint density at radius 1 is 1.19 bits per heavy atom. The van der Waals surface area contributed by atoms with Gasteiger partial charge in [0, 0.05) is 31.1 Å². The van der Waals surface area contributed by atoms with Crippen LogP contribution in [0.25, 0.3) is 17.1 Å². The van der Waals surface area contributed by atoms with Crippen LogP contribution in [0, 0.1) is 12.7 Å². The summed E-state index contributed by atoms with van der Waals surface area (Å²) in [6.07, 6.45) is 5.80. The quantitative estimate of drug-likeness (QED) is 0.482. The molecule has 0 saturated carbocycles. The third-order valence-corrected chi connectivity index (χ3v) is 5.55. The van der Waals surface area contributed by atoms with Gasteiger partial charge in [0.2, 0.25) is 0 Å². The molecule has 0 fully saturated rings. The number of pyridine rings is 2. The first-order chi connectivity index (χ1) is 15.2. The number of imidazole rings is 1. The van der Waals surface area contributed by atoms with Crippen molar-refractivity contribution in [3.05, 3.63) is 77.5 Å². The Kier molecular flexibility index (Phi) is 3.85. The van der Waals surface area contributed by atoms with Crippen LogP contribution >= 0.6 is 0 Å². The zero-order chi connectivity index (χ0) is 20.9. The number of anilines is 1. The van der Waals surface area contributed by atoms with Gasteiger partial charge in [-0.05, 0) is 36.8 Å². The molecule has 31 heavy (non-hydrogen) atoms. The van der Waals surface area contributed by atoms with Crippen LogP contribution in [-0.2, 0) is 6.42 Å². The average molecular weight is 416 g/mol. The molecule has 5 aromatic heterocycles. The molecule has 0 spiro atoms. The number of aromatic nitrogens is 7. The van der Waals surface area contributed by atoms with Crippen LogP contribution in [0.4, 0.5) is 10.4 Å². The molecule has 154 valence electrons. The summed E-state index contributed by atoms with van der Waals surface area (Å²) in [5.41, 5.74) is 4.45. The van der Waals surface area contributed by atoms with E-state index < -0.39 is 6.04 Å². The molecule has 0 unspecified atom stereocenters. The average Bonchev–Trinajstić information content (AvgIpc) is 3.52. The molecular formula is C21H17FN8O. The van der Waals surface area contributed by atoms with Crippen molar-refractivity contribution in [3.8, 4) is 11.6 Å². The van der Waals surface area contributed by atoms with E-state index in [1.807, 2.05) is 24.0 Å². The molecule has 1 atom stereocenters. The van der Waals surface area contributed by atoms with Crippen molar-refractivity contribution < 1.29 is 8.81 Å². The van der Waals surface area contributed by atoms with Gasteiger partial charge in [0.25, 0.3) is 5.89 Å². The zero-order valence-electron chi connectivity index (χ0n) is 16.5. The first-order valence-electron chi connectivity index (χ1n) is 9.87. The second-order valence-corrected chi connectivity index (χ2v) is 7.43. The number of aryl methyl sites for hydroxylation is 1. The summed E-state index contributed by atoms with van der Waals surface area (Å²) in [7, 11) is 0. The number of H-pyrrole nitrogens is 1. The molecule has 0 bridgehead atoms. The highest BCUT2D eigenvalue weighted by Gasteiger charge is 2.36. The molecule has 1 aliphatic rings. The highest BCUT2D eigenvalue weighted by Crippen LogP contribution is 2.37. The summed E-state index contributed by atoms with van der Waals surface area (Å²) in [5.74, 6) is 0.0114. The summed E-state index contributed by atoms with van der Waals surface area (Å²) in [6, 6.07) is 8.52. The van der Waals surface area contributed by atoms with Crippen LogP contribution in [0.5, 0.6) is 0 Å². The number of aromatic amines is 1.